The van der Waals surface area contributed by atoms with Gasteiger partial charge in [0.2, 0.25) is 0 Å². The van der Waals surface area contributed by atoms with Crippen molar-refractivity contribution in [2.24, 2.45) is 11.7 Å². The van der Waals surface area contributed by atoms with Gasteiger partial charge in [-0.05, 0) is 30.5 Å². The first-order chi connectivity index (χ1) is 7.49. The maximum Gasteiger partial charge on any atom is 0.141 e. The Balaban J connectivity index is 2.45. The van der Waals surface area contributed by atoms with Gasteiger partial charge in [0.25, 0.3) is 0 Å². The molecule has 3 N–H and O–H groups in total. The molecule has 16 heavy (non-hydrogen) atoms. The summed E-state index contributed by atoms with van der Waals surface area (Å²) in [6, 6.07) is 4.67. The van der Waals surface area contributed by atoms with Crippen molar-refractivity contribution in [3.63, 3.8) is 0 Å². The van der Waals surface area contributed by atoms with Gasteiger partial charge in [-0.2, -0.15) is 0 Å². The fourth-order valence-electron chi connectivity index (χ4n) is 1.54. The van der Waals surface area contributed by atoms with Crippen LogP contribution in [0.15, 0.2) is 18.2 Å². The van der Waals surface area contributed by atoms with E-state index >= 15 is 0 Å². The van der Waals surface area contributed by atoms with E-state index < -0.39 is 5.82 Å². The second-order valence-corrected chi connectivity index (χ2v) is 4.81. The molecule has 1 aromatic carbocycles. The standard InChI is InChI=1S/C12H18ClFN2/c1-8(2)5-9(15)7-16-10-3-4-12(14)11(13)6-10/h3-4,6,8-9,16H,5,7,15H2,1-2H3. The van der Waals surface area contributed by atoms with E-state index in [1.54, 1.807) is 12.1 Å². The molecular weight excluding hydrogens is 227 g/mol. The van der Waals surface area contributed by atoms with Gasteiger partial charge in [-0.25, -0.2) is 4.39 Å². The third-order valence-electron chi connectivity index (χ3n) is 2.26. The van der Waals surface area contributed by atoms with Crippen molar-refractivity contribution >= 4 is 17.3 Å². The second kappa shape index (κ2) is 6.06. The number of benzene rings is 1. The fourth-order valence-corrected chi connectivity index (χ4v) is 1.72. The number of nitrogens with two attached hydrogens (primary N) is 1. The van der Waals surface area contributed by atoms with Crippen LogP contribution >= 0.6 is 11.6 Å². The summed E-state index contributed by atoms with van der Waals surface area (Å²) in [6.07, 6.45) is 0.960. The van der Waals surface area contributed by atoms with Gasteiger partial charge < -0.3 is 11.1 Å². The molecule has 0 aliphatic rings. The molecule has 1 unspecified atom stereocenters. The van der Waals surface area contributed by atoms with Crippen LogP contribution in [0.3, 0.4) is 0 Å². The third kappa shape index (κ3) is 4.37. The highest BCUT2D eigenvalue weighted by molar-refractivity contribution is 6.31. The average molecular weight is 245 g/mol. The van der Waals surface area contributed by atoms with E-state index in [-0.39, 0.29) is 11.1 Å². The molecule has 0 saturated heterocycles. The van der Waals surface area contributed by atoms with E-state index in [2.05, 4.69) is 19.2 Å². The van der Waals surface area contributed by atoms with Crippen molar-refractivity contribution in [3.8, 4) is 0 Å². The Morgan fingerprint density at radius 1 is 1.44 bits per heavy atom. The van der Waals surface area contributed by atoms with Gasteiger partial charge >= 0.3 is 0 Å². The monoisotopic (exact) mass is 244 g/mol. The Hall–Kier alpha value is -0.800. The minimum Gasteiger partial charge on any atom is -0.383 e. The van der Waals surface area contributed by atoms with Crippen molar-refractivity contribution in [2.45, 2.75) is 26.3 Å². The highest BCUT2D eigenvalue weighted by atomic mass is 35.5. The first-order valence-electron chi connectivity index (χ1n) is 5.43. The third-order valence-corrected chi connectivity index (χ3v) is 2.55. The predicted molar refractivity (Wildman–Crippen MR) is 67.3 cm³/mol. The van der Waals surface area contributed by atoms with Crippen LogP contribution < -0.4 is 11.1 Å². The normalized spacial score (nSPS) is 12.9. The number of halogens is 2. The van der Waals surface area contributed by atoms with Crippen LogP contribution in [0, 0.1) is 11.7 Å². The van der Waals surface area contributed by atoms with Gasteiger partial charge in [0.05, 0.1) is 5.02 Å². The first kappa shape index (κ1) is 13.3. The molecule has 0 aliphatic heterocycles. The van der Waals surface area contributed by atoms with Crippen molar-refractivity contribution in [2.75, 3.05) is 11.9 Å². The number of nitrogens with one attached hydrogen (secondary N) is 1. The van der Waals surface area contributed by atoms with Crippen LogP contribution in [0.25, 0.3) is 0 Å². The summed E-state index contributed by atoms with van der Waals surface area (Å²) in [6.45, 7) is 4.93. The van der Waals surface area contributed by atoms with Crippen LogP contribution in [0.1, 0.15) is 20.3 Å². The smallest absolute Gasteiger partial charge is 0.141 e. The molecule has 2 nitrogen and oxygen atoms in total. The minimum absolute atomic E-state index is 0.101. The zero-order valence-electron chi connectivity index (χ0n) is 9.63. The van der Waals surface area contributed by atoms with E-state index in [0.717, 1.165) is 12.1 Å². The molecule has 90 valence electrons. The van der Waals surface area contributed by atoms with Crippen molar-refractivity contribution in [3.05, 3.63) is 29.0 Å². The summed E-state index contributed by atoms with van der Waals surface area (Å²) in [7, 11) is 0. The molecule has 0 spiro atoms. The quantitative estimate of drug-likeness (QED) is 0.834. The largest absolute Gasteiger partial charge is 0.383 e. The first-order valence-corrected chi connectivity index (χ1v) is 5.81. The molecule has 0 aliphatic carbocycles. The molecule has 4 heteroatoms. The van der Waals surface area contributed by atoms with E-state index in [1.807, 2.05) is 0 Å². The Labute approximate surface area is 101 Å². The summed E-state index contributed by atoms with van der Waals surface area (Å²) in [5, 5.41) is 3.27. The van der Waals surface area contributed by atoms with Gasteiger partial charge in [0, 0.05) is 18.3 Å². The molecule has 1 rings (SSSR count). The molecule has 1 aromatic rings. The van der Waals surface area contributed by atoms with E-state index in [9.17, 15) is 4.39 Å². The summed E-state index contributed by atoms with van der Waals surface area (Å²) in [5.74, 6) is 0.173. The SMILES string of the molecule is CC(C)CC(N)CNc1ccc(F)c(Cl)c1. The molecule has 0 aromatic heterocycles. The molecule has 0 saturated carbocycles. The van der Waals surface area contributed by atoms with Crippen molar-refractivity contribution in [1.29, 1.82) is 0 Å². The van der Waals surface area contributed by atoms with Crippen molar-refractivity contribution < 1.29 is 4.39 Å². The molecule has 1 atom stereocenters. The number of hydrogen-bond donors (Lipinski definition) is 2. The summed E-state index contributed by atoms with van der Waals surface area (Å²) in [5.41, 5.74) is 6.72. The molecule has 0 heterocycles. The lowest BCUT2D eigenvalue weighted by molar-refractivity contribution is 0.508. The summed E-state index contributed by atoms with van der Waals surface area (Å²) in [4.78, 5) is 0. The number of anilines is 1. The van der Waals surface area contributed by atoms with Crippen LogP contribution in [0.4, 0.5) is 10.1 Å². The highest BCUT2D eigenvalue weighted by Crippen LogP contribution is 2.19. The van der Waals surface area contributed by atoms with Gasteiger partial charge in [-0.3, -0.25) is 0 Å². The highest BCUT2D eigenvalue weighted by Gasteiger charge is 2.06. The lowest BCUT2D eigenvalue weighted by Crippen LogP contribution is -2.30. The Morgan fingerprint density at radius 2 is 2.12 bits per heavy atom. The minimum atomic E-state index is -0.404. The van der Waals surface area contributed by atoms with Gasteiger partial charge in [0.1, 0.15) is 5.82 Å². The summed E-state index contributed by atoms with van der Waals surface area (Å²) < 4.78 is 12.9. The zero-order valence-corrected chi connectivity index (χ0v) is 10.4. The Morgan fingerprint density at radius 3 is 2.69 bits per heavy atom. The maximum atomic E-state index is 12.9. The predicted octanol–water partition coefficient (Wildman–Crippen LogP) is 3.26. The van der Waals surface area contributed by atoms with Crippen LogP contribution in [0.5, 0.6) is 0 Å². The molecule has 0 fully saturated rings. The zero-order chi connectivity index (χ0) is 12.1. The second-order valence-electron chi connectivity index (χ2n) is 4.40. The van der Waals surface area contributed by atoms with Gasteiger partial charge in [-0.15, -0.1) is 0 Å². The lowest BCUT2D eigenvalue weighted by atomic mass is 10.0. The molecule has 0 amide bonds. The Kier molecular flexibility index (Phi) is 5.03. The van der Waals surface area contributed by atoms with E-state index in [0.29, 0.717) is 12.5 Å². The molecule has 0 radical (unpaired) electrons. The van der Waals surface area contributed by atoms with Crippen molar-refractivity contribution in [1.82, 2.24) is 0 Å². The van der Waals surface area contributed by atoms with Crippen LogP contribution in [-0.2, 0) is 0 Å². The van der Waals surface area contributed by atoms with E-state index in [1.165, 1.54) is 6.07 Å². The van der Waals surface area contributed by atoms with Crippen LogP contribution in [-0.4, -0.2) is 12.6 Å². The summed E-state index contributed by atoms with van der Waals surface area (Å²) >= 11 is 5.67. The van der Waals surface area contributed by atoms with E-state index in [4.69, 9.17) is 17.3 Å². The molecule has 0 bridgehead atoms. The fraction of sp³-hybridized carbons (Fsp3) is 0.500. The van der Waals surface area contributed by atoms with Gasteiger partial charge in [0.15, 0.2) is 0 Å². The lowest BCUT2D eigenvalue weighted by Gasteiger charge is -2.15. The maximum absolute atomic E-state index is 12.9. The topological polar surface area (TPSA) is 38.0 Å². The van der Waals surface area contributed by atoms with Gasteiger partial charge in [-0.1, -0.05) is 25.4 Å². The molecular formula is C12H18ClFN2. The Bertz CT molecular complexity index is 342. The van der Waals surface area contributed by atoms with Crippen LogP contribution in [0.2, 0.25) is 5.02 Å². The average Bonchev–Trinajstić information content (AvgIpc) is 2.19. The number of rotatable bonds is 5. The number of hydrogen-bond acceptors (Lipinski definition) is 2.